The number of hydrogen-bond donors (Lipinski definition) is 1. The predicted molar refractivity (Wildman–Crippen MR) is 89.0 cm³/mol. The maximum Gasteiger partial charge on any atom is 0.251 e. The van der Waals surface area contributed by atoms with Gasteiger partial charge in [0.2, 0.25) is 5.91 Å². The van der Waals surface area contributed by atoms with Gasteiger partial charge in [0.15, 0.2) is 0 Å². The number of amides is 2. The molecule has 1 N–H and O–H groups in total. The average molecular weight is 318 g/mol. The molecule has 1 atom stereocenters. The molecule has 0 aliphatic carbocycles. The molecule has 1 unspecified atom stereocenters. The van der Waals surface area contributed by atoms with Crippen LogP contribution in [0, 0.1) is 0 Å². The summed E-state index contributed by atoms with van der Waals surface area (Å²) in [6.07, 6.45) is 1.29. The zero-order valence-corrected chi connectivity index (χ0v) is 14.0. The number of piperazine rings is 1. The molecule has 1 aliphatic heterocycles. The predicted octanol–water partition coefficient (Wildman–Crippen LogP) is 1.23. The Hall–Kier alpha value is -1.88. The lowest BCUT2D eigenvalue weighted by molar-refractivity contribution is -0.144. The number of carbonyl (C=O) groups is 2. The third-order valence-electron chi connectivity index (χ3n) is 4.36. The van der Waals surface area contributed by atoms with Crippen LogP contribution in [0.5, 0.6) is 0 Å². The standard InChI is InChI=1S/C18H26N2O3/c1-3-15-4-6-16(7-5-15)8-9-17(22)19-10-12-20(13-11-19)18(23)14(2)21/h4-7,14,21H,3,8-13H2,1-2H3. The molecule has 0 bridgehead atoms. The zero-order chi connectivity index (χ0) is 16.8. The lowest BCUT2D eigenvalue weighted by Crippen LogP contribution is -2.52. The minimum atomic E-state index is -0.969. The molecule has 1 saturated heterocycles. The van der Waals surface area contributed by atoms with Gasteiger partial charge in [-0.15, -0.1) is 0 Å². The van der Waals surface area contributed by atoms with Crippen molar-refractivity contribution >= 4 is 11.8 Å². The Morgan fingerprint density at radius 2 is 1.57 bits per heavy atom. The summed E-state index contributed by atoms with van der Waals surface area (Å²) in [5.41, 5.74) is 2.48. The van der Waals surface area contributed by atoms with Crippen molar-refractivity contribution in [2.45, 2.75) is 39.2 Å². The van der Waals surface area contributed by atoms with E-state index in [1.54, 1.807) is 4.90 Å². The van der Waals surface area contributed by atoms with Gasteiger partial charge in [-0.25, -0.2) is 0 Å². The highest BCUT2D eigenvalue weighted by Crippen LogP contribution is 2.10. The van der Waals surface area contributed by atoms with Crippen molar-refractivity contribution < 1.29 is 14.7 Å². The Labute approximate surface area is 137 Å². The monoisotopic (exact) mass is 318 g/mol. The smallest absolute Gasteiger partial charge is 0.251 e. The summed E-state index contributed by atoms with van der Waals surface area (Å²) in [6, 6.07) is 8.40. The maximum atomic E-state index is 12.3. The number of aliphatic hydroxyl groups excluding tert-OH is 1. The fraction of sp³-hybridized carbons (Fsp3) is 0.556. The van der Waals surface area contributed by atoms with E-state index in [1.165, 1.54) is 18.1 Å². The number of aliphatic hydroxyl groups is 1. The van der Waals surface area contributed by atoms with Gasteiger partial charge < -0.3 is 14.9 Å². The lowest BCUT2D eigenvalue weighted by Gasteiger charge is -2.35. The quantitative estimate of drug-likeness (QED) is 0.888. The van der Waals surface area contributed by atoms with Crippen molar-refractivity contribution in [2.75, 3.05) is 26.2 Å². The highest BCUT2D eigenvalue weighted by atomic mass is 16.3. The Balaban J connectivity index is 1.77. The Morgan fingerprint density at radius 1 is 1.04 bits per heavy atom. The molecule has 1 aromatic rings. The van der Waals surface area contributed by atoms with Gasteiger partial charge in [0.1, 0.15) is 6.10 Å². The van der Waals surface area contributed by atoms with E-state index in [4.69, 9.17) is 0 Å². The summed E-state index contributed by atoms with van der Waals surface area (Å²) in [4.78, 5) is 27.4. The van der Waals surface area contributed by atoms with Crippen LogP contribution in [0.25, 0.3) is 0 Å². The SMILES string of the molecule is CCc1ccc(CCC(=O)N2CCN(C(=O)C(C)O)CC2)cc1. The second kappa shape index (κ2) is 8.11. The number of nitrogens with zero attached hydrogens (tertiary/aromatic N) is 2. The van der Waals surface area contributed by atoms with E-state index in [2.05, 4.69) is 31.2 Å². The van der Waals surface area contributed by atoms with Crippen LogP contribution in [0.4, 0.5) is 0 Å². The van der Waals surface area contributed by atoms with Crippen LogP contribution in [0.15, 0.2) is 24.3 Å². The van der Waals surface area contributed by atoms with Gasteiger partial charge in [-0.2, -0.15) is 0 Å². The molecule has 1 aliphatic rings. The summed E-state index contributed by atoms with van der Waals surface area (Å²) in [6.45, 7) is 5.70. The normalized spacial score (nSPS) is 16.3. The molecular formula is C18H26N2O3. The van der Waals surface area contributed by atoms with Crippen molar-refractivity contribution in [3.05, 3.63) is 35.4 Å². The van der Waals surface area contributed by atoms with E-state index in [0.29, 0.717) is 32.6 Å². The summed E-state index contributed by atoms with van der Waals surface area (Å²) >= 11 is 0. The van der Waals surface area contributed by atoms with Crippen LogP contribution in [0.1, 0.15) is 31.4 Å². The Morgan fingerprint density at radius 3 is 2.09 bits per heavy atom. The van der Waals surface area contributed by atoms with Gasteiger partial charge in [-0.05, 0) is 30.9 Å². The van der Waals surface area contributed by atoms with Crippen LogP contribution in [0.3, 0.4) is 0 Å². The Bertz CT molecular complexity index is 532. The molecule has 2 rings (SSSR count). The van der Waals surface area contributed by atoms with Crippen molar-refractivity contribution in [1.29, 1.82) is 0 Å². The van der Waals surface area contributed by atoms with E-state index < -0.39 is 6.10 Å². The van der Waals surface area contributed by atoms with Gasteiger partial charge in [0.25, 0.3) is 5.91 Å². The molecule has 2 amide bonds. The number of rotatable bonds is 5. The molecule has 5 nitrogen and oxygen atoms in total. The van der Waals surface area contributed by atoms with Crippen LogP contribution in [0.2, 0.25) is 0 Å². The van der Waals surface area contributed by atoms with Crippen LogP contribution >= 0.6 is 0 Å². The molecule has 0 saturated carbocycles. The van der Waals surface area contributed by atoms with Crippen molar-refractivity contribution in [1.82, 2.24) is 9.80 Å². The van der Waals surface area contributed by atoms with Crippen LogP contribution < -0.4 is 0 Å². The van der Waals surface area contributed by atoms with Gasteiger partial charge in [-0.3, -0.25) is 9.59 Å². The Kier molecular flexibility index (Phi) is 6.16. The molecule has 23 heavy (non-hydrogen) atoms. The van der Waals surface area contributed by atoms with Gasteiger partial charge >= 0.3 is 0 Å². The summed E-state index contributed by atoms with van der Waals surface area (Å²) in [5, 5.41) is 9.32. The molecule has 1 heterocycles. The lowest BCUT2D eigenvalue weighted by atomic mass is 10.1. The number of carbonyl (C=O) groups excluding carboxylic acids is 2. The molecule has 0 radical (unpaired) electrons. The number of hydrogen-bond acceptors (Lipinski definition) is 3. The van der Waals surface area contributed by atoms with Crippen LogP contribution in [-0.2, 0) is 22.4 Å². The molecule has 1 fully saturated rings. The highest BCUT2D eigenvalue weighted by Gasteiger charge is 2.25. The van der Waals surface area contributed by atoms with E-state index >= 15 is 0 Å². The van der Waals surface area contributed by atoms with E-state index in [-0.39, 0.29) is 11.8 Å². The summed E-state index contributed by atoms with van der Waals surface area (Å²) in [5.74, 6) is -0.123. The molecule has 126 valence electrons. The average Bonchev–Trinajstić information content (AvgIpc) is 2.59. The topological polar surface area (TPSA) is 60.9 Å². The minimum Gasteiger partial charge on any atom is -0.384 e. The molecule has 0 aromatic heterocycles. The highest BCUT2D eigenvalue weighted by molar-refractivity contribution is 5.81. The molecule has 0 spiro atoms. The van der Waals surface area contributed by atoms with Gasteiger partial charge in [-0.1, -0.05) is 31.2 Å². The number of aryl methyl sites for hydroxylation is 2. The largest absolute Gasteiger partial charge is 0.384 e. The fourth-order valence-electron chi connectivity index (χ4n) is 2.79. The minimum absolute atomic E-state index is 0.133. The van der Waals surface area contributed by atoms with Crippen LogP contribution in [-0.4, -0.2) is 59.0 Å². The maximum absolute atomic E-state index is 12.3. The molecular weight excluding hydrogens is 292 g/mol. The van der Waals surface area contributed by atoms with Gasteiger partial charge in [0.05, 0.1) is 0 Å². The van der Waals surface area contributed by atoms with E-state index in [9.17, 15) is 14.7 Å². The second-order valence-corrected chi connectivity index (χ2v) is 6.05. The first-order valence-electron chi connectivity index (χ1n) is 8.33. The fourth-order valence-corrected chi connectivity index (χ4v) is 2.79. The summed E-state index contributed by atoms with van der Waals surface area (Å²) in [7, 11) is 0. The third-order valence-corrected chi connectivity index (χ3v) is 4.36. The van der Waals surface area contributed by atoms with Crippen molar-refractivity contribution in [2.24, 2.45) is 0 Å². The van der Waals surface area contributed by atoms with E-state index in [1.807, 2.05) is 4.90 Å². The van der Waals surface area contributed by atoms with Crippen molar-refractivity contribution in [3.8, 4) is 0 Å². The molecule has 1 aromatic carbocycles. The number of benzene rings is 1. The first kappa shape index (κ1) is 17.5. The van der Waals surface area contributed by atoms with Gasteiger partial charge in [0, 0.05) is 32.6 Å². The third kappa shape index (κ3) is 4.79. The van der Waals surface area contributed by atoms with Crippen molar-refractivity contribution in [3.63, 3.8) is 0 Å². The summed E-state index contributed by atoms with van der Waals surface area (Å²) < 4.78 is 0. The second-order valence-electron chi connectivity index (χ2n) is 6.05. The molecule has 5 heteroatoms. The first-order chi connectivity index (χ1) is 11.0. The first-order valence-corrected chi connectivity index (χ1v) is 8.33. The zero-order valence-electron chi connectivity index (χ0n) is 14.0. The van der Waals surface area contributed by atoms with E-state index in [0.717, 1.165) is 12.8 Å².